The number of hydrogen-bond donors (Lipinski definition) is 0. The third-order valence-electron chi connectivity index (χ3n) is 3.11. The van der Waals surface area contributed by atoms with Crippen LogP contribution in [0.5, 0.6) is 0 Å². The van der Waals surface area contributed by atoms with Gasteiger partial charge in [0.25, 0.3) is 0 Å². The SMILES string of the molecule is CCC/C=C/C/C(C)=C(\C)OC(=O)Cc1ccccc1. The van der Waals surface area contributed by atoms with Gasteiger partial charge in [0.2, 0.25) is 0 Å². The lowest BCUT2D eigenvalue weighted by Gasteiger charge is -2.07. The van der Waals surface area contributed by atoms with E-state index >= 15 is 0 Å². The summed E-state index contributed by atoms with van der Waals surface area (Å²) >= 11 is 0. The van der Waals surface area contributed by atoms with E-state index in [1.807, 2.05) is 44.2 Å². The molecule has 1 rings (SSSR count). The largest absolute Gasteiger partial charge is 0.431 e. The normalized spacial score (nSPS) is 12.3. The Bertz CT molecular complexity index is 469. The van der Waals surface area contributed by atoms with Crippen LogP contribution >= 0.6 is 0 Å². The van der Waals surface area contributed by atoms with E-state index in [1.165, 1.54) is 0 Å². The van der Waals surface area contributed by atoms with Gasteiger partial charge in [-0.25, -0.2) is 0 Å². The fourth-order valence-corrected chi connectivity index (χ4v) is 1.74. The summed E-state index contributed by atoms with van der Waals surface area (Å²) in [6.07, 6.45) is 7.71. The average molecular weight is 272 g/mol. The van der Waals surface area contributed by atoms with E-state index in [2.05, 4.69) is 19.1 Å². The van der Waals surface area contributed by atoms with Crippen LogP contribution < -0.4 is 0 Å². The first-order chi connectivity index (χ1) is 9.63. The molecule has 1 aromatic rings. The molecule has 0 N–H and O–H groups in total. The number of carbonyl (C=O) groups excluding carboxylic acids is 1. The fourth-order valence-electron chi connectivity index (χ4n) is 1.74. The zero-order chi connectivity index (χ0) is 14.8. The van der Waals surface area contributed by atoms with E-state index in [-0.39, 0.29) is 5.97 Å². The summed E-state index contributed by atoms with van der Waals surface area (Å²) in [5, 5.41) is 0. The van der Waals surface area contributed by atoms with Crippen LogP contribution in [0.2, 0.25) is 0 Å². The molecule has 2 heteroatoms. The van der Waals surface area contributed by atoms with Crippen molar-refractivity contribution in [2.75, 3.05) is 0 Å². The fraction of sp³-hybridized carbons (Fsp3) is 0.389. The Kier molecular flexibility index (Phi) is 7.41. The topological polar surface area (TPSA) is 26.3 Å². The van der Waals surface area contributed by atoms with E-state index in [0.717, 1.165) is 30.4 Å². The lowest BCUT2D eigenvalue weighted by molar-refractivity contribution is -0.138. The average Bonchev–Trinajstić information content (AvgIpc) is 2.44. The molecular formula is C18H24O2. The van der Waals surface area contributed by atoms with Crippen LogP contribution in [0.1, 0.15) is 45.6 Å². The van der Waals surface area contributed by atoms with E-state index in [1.54, 1.807) is 0 Å². The highest BCUT2D eigenvalue weighted by molar-refractivity contribution is 5.73. The molecule has 0 bridgehead atoms. The molecule has 0 aliphatic carbocycles. The number of unbranched alkanes of at least 4 members (excludes halogenated alkanes) is 1. The number of benzene rings is 1. The van der Waals surface area contributed by atoms with E-state index in [9.17, 15) is 4.79 Å². The molecule has 0 heterocycles. The number of rotatable bonds is 7. The maximum absolute atomic E-state index is 11.8. The lowest BCUT2D eigenvalue weighted by atomic mass is 10.1. The Labute approximate surface area is 122 Å². The van der Waals surface area contributed by atoms with Crippen LogP contribution in [-0.4, -0.2) is 5.97 Å². The molecule has 0 amide bonds. The summed E-state index contributed by atoms with van der Waals surface area (Å²) in [6.45, 7) is 6.01. The molecule has 0 spiro atoms. The van der Waals surface area contributed by atoms with Gasteiger partial charge in [0, 0.05) is 0 Å². The zero-order valence-corrected chi connectivity index (χ0v) is 12.7. The van der Waals surface area contributed by atoms with Gasteiger partial charge in [-0.3, -0.25) is 4.79 Å². The Morgan fingerprint density at radius 2 is 1.85 bits per heavy atom. The first-order valence-corrected chi connectivity index (χ1v) is 7.19. The van der Waals surface area contributed by atoms with E-state index in [0.29, 0.717) is 12.2 Å². The van der Waals surface area contributed by atoms with Crippen LogP contribution in [0, 0.1) is 0 Å². The number of ether oxygens (including phenoxy) is 1. The highest BCUT2D eigenvalue weighted by atomic mass is 16.5. The van der Waals surface area contributed by atoms with Crippen LogP contribution in [0.15, 0.2) is 53.8 Å². The van der Waals surface area contributed by atoms with Gasteiger partial charge in [0.1, 0.15) is 5.76 Å². The molecular weight excluding hydrogens is 248 g/mol. The van der Waals surface area contributed by atoms with Gasteiger partial charge in [-0.2, -0.15) is 0 Å². The molecule has 0 radical (unpaired) electrons. The van der Waals surface area contributed by atoms with Crippen LogP contribution in [0.3, 0.4) is 0 Å². The molecule has 108 valence electrons. The van der Waals surface area contributed by atoms with Gasteiger partial charge in [-0.1, -0.05) is 55.8 Å². The van der Waals surface area contributed by atoms with Crippen molar-refractivity contribution >= 4 is 5.97 Å². The minimum Gasteiger partial charge on any atom is -0.431 e. The molecule has 20 heavy (non-hydrogen) atoms. The Hall–Kier alpha value is -1.83. The summed E-state index contributed by atoms with van der Waals surface area (Å²) in [5.74, 6) is 0.512. The van der Waals surface area contributed by atoms with Gasteiger partial charge < -0.3 is 4.74 Å². The first kappa shape index (κ1) is 16.2. The minimum absolute atomic E-state index is 0.203. The Balaban J connectivity index is 2.47. The van der Waals surface area contributed by atoms with Crippen LogP contribution in [-0.2, 0) is 16.0 Å². The van der Waals surface area contributed by atoms with Crippen LogP contribution in [0.4, 0.5) is 0 Å². The van der Waals surface area contributed by atoms with Crippen molar-refractivity contribution in [3.63, 3.8) is 0 Å². The third kappa shape index (κ3) is 6.37. The summed E-state index contributed by atoms with van der Waals surface area (Å²) in [4.78, 5) is 11.8. The van der Waals surface area contributed by atoms with Crippen molar-refractivity contribution in [1.29, 1.82) is 0 Å². The Morgan fingerprint density at radius 3 is 2.50 bits per heavy atom. The van der Waals surface area contributed by atoms with Crippen molar-refractivity contribution in [1.82, 2.24) is 0 Å². The molecule has 0 aliphatic rings. The second kappa shape index (κ2) is 9.13. The highest BCUT2D eigenvalue weighted by Gasteiger charge is 2.07. The molecule has 0 saturated heterocycles. The third-order valence-corrected chi connectivity index (χ3v) is 3.11. The molecule has 0 aliphatic heterocycles. The second-order valence-corrected chi connectivity index (χ2v) is 4.94. The smallest absolute Gasteiger partial charge is 0.315 e. The van der Waals surface area contributed by atoms with Crippen molar-refractivity contribution < 1.29 is 9.53 Å². The molecule has 1 aromatic carbocycles. The monoisotopic (exact) mass is 272 g/mol. The Morgan fingerprint density at radius 1 is 1.15 bits per heavy atom. The van der Waals surface area contributed by atoms with Crippen molar-refractivity contribution in [2.45, 2.75) is 46.5 Å². The predicted molar refractivity (Wildman–Crippen MR) is 83.3 cm³/mol. The molecule has 2 nitrogen and oxygen atoms in total. The number of esters is 1. The van der Waals surface area contributed by atoms with Crippen molar-refractivity contribution in [2.24, 2.45) is 0 Å². The standard InChI is InChI=1S/C18H24O2/c1-4-5-6-8-11-15(2)16(3)20-18(19)14-17-12-9-7-10-13-17/h6-10,12-13H,4-5,11,14H2,1-3H3/b8-6+,16-15+. The van der Waals surface area contributed by atoms with Gasteiger partial charge in [0.15, 0.2) is 0 Å². The molecule has 0 aromatic heterocycles. The lowest BCUT2D eigenvalue weighted by Crippen LogP contribution is -2.07. The quantitative estimate of drug-likeness (QED) is 0.404. The van der Waals surface area contributed by atoms with Crippen molar-refractivity contribution in [3.8, 4) is 0 Å². The summed E-state index contributed by atoms with van der Waals surface area (Å²) in [5.41, 5.74) is 2.07. The number of carbonyl (C=O) groups is 1. The predicted octanol–water partition coefficient (Wildman–Crippen LogP) is 4.81. The summed E-state index contributed by atoms with van der Waals surface area (Å²) in [7, 11) is 0. The van der Waals surface area contributed by atoms with E-state index < -0.39 is 0 Å². The van der Waals surface area contributed by atoms with Crippen LogP contribution in [0.25, 0.3) is 0 Å². The molecule has 0 unspecified atom stereocenters. The summed E-state index contributed by atoms with van der Waals surface area (Å²) < 4.78 is 5.38. The highest BCUT2D eigenvalue weighted by Crippen LogP contribution is 2.12. The number of hydrogen-bond acceptors (Lipinski definition) is 2. The van der Waals surface area contributed by atoms with E-state index in [4.69, 9.17) is 4.74 Å². The van der Waals surface area contributed by atoms with Gasteiger partial charge >= 0.3 is 5.97 Å². The molecule has 0 saturated carbocycles. The molecule has 0 atom stereocenters. The zero-order valence-electron chi connectivity index (χ0n) is 12.7. The van der Waals surface area contributed by atoms with Gasteiger partial charge in [-0.15, -0.1) is 0 Å². The van der Waals surface area contributed by atoms with Gasteiger partial charge in [-0.05, 0) is 37.8 Å². The second-order valence-electron chi connectivity index (χ2n) is 4.94. The maximum atomic E-state index is 11.8. The van der Waals surface area contributed by atoms with Crippen molar-refractivity contribution in [3.05, 3.63) is 59.4 Å². The maximum Gasteiger partial charge on any atom is 0.315 e. The minimum atomic E-state index is -0.203. The first-order valence-electron chi connectivity index (χ1n) is 7.19. The summed E-state index contributed by atoms with van der Waals surface area (Å²) in [6, 6.07) is 9.65. The number of allylic oxidation sites excluding steroid dienone is 4. The van der Waals surface area contributed by atoms with Gasteiger partial charge in [0.05, 0.1) is 6.42 Å². The molecule has 0 fully saturated rings.